The molecule has 0 heterocycles. The summed E-state index contributed by atoms with van der Waals surface area (Å²) in [6, 6.07) is 7.29. The minimum atomic E-state index is -4.38. The molecule has 3 nitrogen and oxygen atoms in total. The number of benzene rings is 1. The number of rotatable bonds is 7. The number of hydrogen-bond acceptors (Lipinski definition) is 2. The van der Waals surface area contributed by atoms with Gasteiger partial charge in [0.25, 0.3) is 0 Å². The molecule has 1 aromatic carbocycles. The standard InChI is InChI=1S/C15H19ClF3NO2/c1-14(2,9-11-5-3-4-6-12(11)16)20-13(21)7-8-22-10-15(17,18)19/h3-6H,7-10H2,1-2H3,(H,20,21). The van der Waals surface area contributed by atoms with Crippen LogP contribution in [0.3, 0.4) is 0 Å². The van der Waals surface area contributed by atoms with Crippen molar-refractivity contribution in [2.24, 2.45) is 0 Å². The zero-order chi connectivity index (χ0) is 16.8. The number of carbonyl (C=O) groups is 1. The van der Waals surface area contributed by atoms with Crippen LogP contribution in [0.15, 0.2) is 24.3 Å². The number of alkyl halides is 3. The third-order valence-electron chi connectivity index (χ3n) is 2.81. The van der Waals surface area contributed by atoms with Crippen LogP contribution in [0.1, 0.15) is 25.8 Å². The average molecular weight is 338 g/mol. The van der Waals surface area contributed by atoms with Gasteiger partial charge in [-0.15, -0.1) is 0 Å². The van der Waals surface area contributed by atoms with Crippen LogP contribution in [0.2, 0.25) is 5.02 Å². The van der Waals surface area contributed by atoms with Crippen molar-refractivity contribution in [3.63, 3.8) is 0 Å². The maximum absolute atomic E-state index is 11.9. The smallest absolute Gasteiger partial charge is 0.372 e. The van der Waals surface area contributed by atoms with E-state index in [1.165, 1.54) is 0 Å². The first-order valence-corrected chi connectivity index (χ1v) is 7.16. The Bertz CT molecular complexity index is 504. The van der Waals surface area contributed by atoms with Gasteiger partial charge >= 0.3 is 6.18 Å². The van der Waals surface area contributed by atoms with Crippen molar-refractivity contribution in [2.45, 2.75) is 38.4 Å². The Morgan fingerprint density at radius 3 is 2.50 bits per heavy atom. The van der Waals surface area contributed by atoms with Crippen LogP contribution in [0.4, 0.5) is 13.2 Å². The third-order valence-corrected chi connectivity index (χ3v) is 3.18. The van der Waals surface area contributed by atoms with Crippen molar-refractivity contribution in [3.8, 4) is 0 Å². The molecule has 1 aromatic rings. The lowest BCUT2D eigenvalue weighted by Crippen LogP contribution is -2.45. The number of halogens is 4. The molecule has 22 heavy (non-hydrogen) atoms. The maximum Gasteiger partial charge on any atom is 0.411 e. The number of amides is 1. The first-order chi connectivity index (χ1) is 10.1. The molecule has 0 bridgehead atoms. The molecule has 0 aliphatic rings. The number of hydrogen-bond donors (Lipinski definition) is 1. The summed E-state index contributed by atoms with van der Waals surface area (Å²) in [6.07, 6.45) is -3.98. The fourth-order valence-electron chi connectivity index (χ4n) is 1.95. The minimum Gasteiger partial charge on any atom is -0.372 e. The predicted molar refractivity (Wildman–Crippen MR) is 78.9 cm³/mol. The number of nitrogens with one attached hydrogen (secondary N) is 1. The van der Waals surface area contributed by atoms with Gasteiger partial charge in [0, 0.05) is 17.0 Å². The van der Waals surface area contributed by atoms with Crippen LogP contribution in [0.25, 0.3) is 0 Å². The molecule has 1 N–H and O–H groups in total. The quantitative estimate of drug-likeness (QED) is 0.770. The molecule has 0 saturated carbocycles. The molecule has 0 atom stereocenters. The first kappa shape index (κ1) is 18.8. The molecule has 0 aromatic heterocycles. The first-order valence-electron chi connectivity index (χ1n) is 6.78. The van der Waals surface area contributed by atoms with Crippen molar-refractivity contribution in [2.75, 3.05) is 13.2 Å². The summed E-state index contributed by atoms with van der Waals surface area (Å²) in [4.78, 5) is 11.8. The number of carbonyl (C=O) groups excluding carboxylic acids is 1. The van der Waals surface area contributed by atoms with Gasteiger partial charge in [-0.3, -0.25) is 4.79 Å². The fourth-order valence-corrected chi connectivity index (χ4v) is 2.16. The third kappa shape index (κ3) is 7.66. The number of ether oxygens (including phenoxy) is 1. The zero-order valence-corrected chi connectivity index (χ0v) is 13.2. The average Bonchev–Trinajstić information content (AvgIpc) is 2.35. The molecular weight excluding hydrogens is 319 g/mol. The van der Waals surface area contributed by atoms with Crippen molar-refractivity contribution < 1.29 is 22.7 Å². The lowest BCUT2D eigenvalue weighted by atomic mass is 9.94. The predicted octanol–water partition coefficient (Wildman–Crippen LogP) is 3.75. The van der Waals surface area contributed by atoms with Crippen molar-refractivity contribution in [1.29, 1.82) is 0 Å². The maximum atomic E-state index is 11.9. The summed E-state index contributed by atoms with van der Waals surface area (Å²) in [7, 11) is 0. The van der Waals surface area contributed by atoms with Gasteiger partial charge in [0.1, 0.15) is 6.61 Å². The van der Waals surface area contributed by atoms with Crippen molar-refractivity contribution in [3.05, 3.63) is 34.9 Å². The molecule has 0 radical (unpaired) electrons. The Hall–Kier alpha value is -1.27. The molecule has 0 aliphatic carbocycles. The van der Waals surface area contributed by atoms with Gasteiger partial charge in [-0.1, -0.05) is 29.8 Å². The van der Waals surface area contributed by atoms with Crippen LogP contribution >= 0.6 is 11.6 Å². The monoisotopic (exact) mass is 337 g/mol. The minimum absolute atomic E-state index is 0.123. The molecule has 0 saturated heterocycles. The molecule has 124 valence electrons. The van der Waals surface area contributed by atoms with E-state index in [0.29, 0.717) is 11.4 Å². The second-order valence-corrected chi connectivity index (χ2v) is 6.03. The molecule has 0 fully saturated rings. The largest absolute Gasteiger partial charge is 0.411 e. The van der Waals surface area contributed by atoms with Gasteiger partial charge in [-0.05, 0) is 31.9 Å². The van der Waals surface area contributed by atoms with Gasteiger partial charge in [0.2, 0.25) is 5.91 Å². The van der Waals surface area contributed by atoms with Crippen LogP contribution < -0.4 is 5.32 Å². The highest BCUT2D eigenvalue weighted by molar-refractivity contribution is 6.31. The van der Waals surface area contributed by atoms with Gasteiger partial charge in [0.15, 0.2) is 0 Å². The molecule has 1 rings (SSSR count). The SMILES string of the molecule is CC(C)(Cc1ccccc1Cl)NC(=O)CCOCC(F)(F)F. The van der Waals surface area contributed by atoms with Crippen molar-refractivity contribution in [1.82, 2.24) is 5.32 Å². The van der Waals surface area contributed by atoms with E-state index in [0.717, 1.165) is 5.56 Å². The van der Waals surface area contributed by atoms with E-state index in [9.17, 15) is 18.0 Å². The fraction of sp³-hybridized carbons (Fsp3) is 0.533. The molecule has 0 spiro atoms. The molecule has 0 unspecified atom stereocenters. The Morgan fingerprint density at radius 2 is 1.91 bits per heavy atom. The van der Waals surface area contributed by atoms with E-state index in [1.807, 2.05) is 32.0 Å². The highest BCUT2D eigenvalue weighted by Gasteiger charge is 2.27. The van der Waals surface area contributed by atoms with E-state index >= 15 is 0 Å². The lowest BCUT2D eigenvalue weighted by Gasteiger charge is -2.27. The summed E-state index contributed by atoms with van der Waals surface area (Å²) in [5, 5.41) is 3.38. The molecule has 0 aliphatic heterocycles. The van der Waals surface area contributed by atoms with E-state index in [2.05, 4.69) is 10.1 Å². The Morgan fingerprint density at radius 1 is 1.27 bits per heavy atom. The van der Waals surface area contributed by atoms with Gasteiger partial charge in [0.05, 0.1) is 6.61 Å². The van der Waals surface area contributed by atoms with Gasteiger partial charge < -0.3 is 10.1 Å². The highest BCUT2D eigenvalue weighted by Crippen LogP contribution is 2.21. The summed E-state index contributed by atoms with van der Waals surface area (Å²) in [5.74, 6) is -0.362. The Kier molecular flexibility index (Phi) is 6.68. The van der Waals surface area contributed by atoms with Crippen LogP contribution in [0.5, 0.6) is 0 Å². The van der Waals surface area contributed by atoms with Crippen LogP contribution in [0, 0.1) is 0 Å². The van der Waals surface area contributed by atoms with E-state index in [-0.39, 0.29) is 18.9 Å². The van der Waals surface area contributed by atoms with Gasteiger partial charge in [-0.25, -0.2) is 0 Å². The molecule has 7 heteroatoms. The summed E-state index contributed by atoms with van der Waals surface area (Å²) >= 11 is 6.07. The normalized spacial score (nSPS) is 12.3. The van der Waals surface area contributed by atoms with E-state index in [4.69, 9.17) is 11.6 Å². The van der Waals surface area contributed by atoms with Crippen LogP contribution in [-0.2, 0) is 16.0 Å². The molecule has 1 amide bonds. The van der Waals surface area contributed by atoms with E-state index in [1.54, 1.807) is 6.07 Å². The summed E-state index contributed by atoms with van der Waals surface area (Å²) in [5.41, 5.74) is 0.328. The highest BCUT2D eigenvalue weighted by atomic mass is 35.5. The molecular formula is C15H19ClF3NO2. The second kappa shape index (κ2) is 7.83. The Balaban J connectivity index is 2.40. The van der Waals surface area contributed by atoms with Crippen LogP contribution in [-0.4, -0.2) is 30.8 Å². The van der Waals surface area contributed by atoms with Crippen molar-refractivity contribution >= 4 is 17.5 Å². The zero-order valence-electron chi connectivity index (χ0n) is 12.5. The lowest BCUT2D eigenvalue weighted by molar-refractivity contribution is -0.174. The second-order valence-electron chi connectivity index (χ2n) is 5.62. The summed E-state index contributed by atoms with van der Waals surface area (Å²) < 4.78 is 40.1. The topological polar surface area (TPSA) is 38.3 Å². The summed E-state index contributed by atoms with van der Waals surface area (Å²) in [6.45, 7) is 2.03. The Labute approximate surface area is 132 Å². The van der Waals surface area contributed by atoms with E-state index < -0.39 is 18.3 Å². The van der Waals surface area contributed by atoms with Gasteiger partial charge in [-0.2, -0.15) is 13.2 Å².